The quantitative estimate of drug-likeness (QED) is 0.555. The minimum Gasteiger partial charge on any atom is -0.466 e. The largest absolute Gasteiger partial charge is 0.466 e. The van der Waals surface area contributed by atoms with Crippen molar-refractivity contribution in [2.45, 2.75) is 4.90 Å². The van der Waals surface area contributed by atoms with Crippen molar-refractivity contribution in [1.29, 1.82) is 0 Å². The van der Waals surface area contributed by atoms with Crippen molar-refractivity contribution in [3.63, 3.8) is 0 Å². The van der Waals surface area contributed by atoms with E-state index in [0.29, 0.717) is 15.6 Å². The highest BCUT2D eigenvalue weighted by atomic mass is 35.5. The molecule has 0 saturated carbocycles. The molecule has 0 spiro atoms. The van der Waals surface area contributed by atoms with E-state index in [4.69, 9.17) is 21.4 Å². The van der Waals surface area contributed by atoms with Crippen LogP contribution in [0.2, 0.25) is 5.02 Å². The molecule has 118 valence electrons. The number of nitrogens with one attached hydrogen (secondary N) is 1. The van der Waals surface area contributed by atoms with Crippen molar-refractivity contribution in [3.8, 4) is 0 Å². The lowest BCUT2D eigenvalue weighted by atomic mass is 10.2. The maximum absolute atomic E-state index is 12.3. The van der Waals surface area contributed by atoms with E-state index < -0.39 is 5.97 Å². The van der Waals surface area contributed by atoms with Crippen LogP contribution < -0.4 is 5.32 Å². The van der Waals surface area contributed by atoms with E-state index in [2.05, 4.69) is 17.9 Å². The van der Waals surface area contributed by atoms with Crippen molar-refractivity contribution >= 4 is 41.8 Å². The first-order valence-electron chi connectivity index (χ1n) is 6.45. The molecule has 0 atom stereocenters. The maximum Gasteiger partial charge on any atom is 0.337 e. The fraction of sp³-hybridized carbons (Fsp3) is 0.286. The van der Waals surface area contributed by atoms with Crippen molar-refractivity contribution in [3.05, 3.63) is 34.5 Å². The summed E-state index contributed by atoms with van der Waals surface area (Å²) in [5.41, 5.74) is 0.880. The molecule has 0 unspecified atom stereocenters. The maximum atomic E-state index is 12.3. The lowest BCUT2D eigenvalue weighted by Gasteiger charge is -2.15. The van der Waals surface area contributed by atoms with E-state index in [9.17, 15) is 9.59 Å². The van der Waals surface area contributed by atoms with Crippen LogP contribution in [0.25, 0.3) is 0 Å². The number of β-amino-alcohol motifs (C(OH)–C–C–N with tert-alkyl or cyclic N) is 1. The van der Waals surface area contributed by atoms with Gasteiger partial charge in [0, 0.05) is 16.5 Å². The van der Waals surface area contributed by atoms with E-state index in [1.54, 1.807) is 18.2 Å². The van der Waals surface area contributed by atoms with Crippen LogP contribution in [0.4, 0.5) is 5.69 Å². The molecule has 6 nitrogen and oxygen atoms in total. The predicted molar refractivity (Wildman–Crippen MR) is 85.0 cm³/mol. The molecule has 22 heavy (non-hydrogen) atoms. The van der Waals surface area contributed by atoms with Crippen LogP contribution in [0.3, 0.4) is 0 Å². The van der Waals surface area contributed by atoms with Gasteiger partial charge in [-0.05, 0) is 18.2 Å². The first-order valence-corrected chi connectivity index (χ1v) is 7.27. The average Bonchev–Trinajstić information content (AvgIpc) is 2.79. The molecule has 0 aromatic heterocycles. The number of methoxy groups -OCH3 is 1. The number of hydrogen-bond donors (Lipinski definition) is 3. The number of amides is 1. The van der Waals surface area contributed by atoms with Crippen molar-refractivity contribution in [1.82, 2.24) is 4.90 Å². The van der Waals surface area contributed by atoms with Gasteiger partial charge in [0.1, 0.15) is 5.70 Å². The van der Waals surface area contributed by atoms with Crippen LogP contribution in [0.15, 0.2) is 34.4 Å². The SMILES string of the molecule is COC(=O)C1=C(Nc2ccc(Cl)cc2S)C(=O)N(CCO)C1. The van der Waals surface area contributed by atoms with Gasteiger partial charge in [-0.2, -0.15) is 0 Å². The lowest BCUT2D eigenvalue weighted by Crippen LogP contribution is -2.31. The minimum atomic E-state index is -0.592. The molecule has 0 radical (unpaired) electrons. The van der Waals surface area contributed by atoms with Gasteiger partial charge < -0.3 is 20.1 Å². The molecule has 1 heterocycles. The van der Waals surface area contributed by atoms with E-state index in [-0.39, 0.29) is 36.9 Å². The highest BCUT2D eigenvalue weighted by Gasteiger charge is 2.34. The summed E-state index contributed by atoms with van der Waals surface area (Å²) in [4.78, 5) is 26.1. The third-order valence-electron chi connectivity index (χ3n) is 3.17. The van der Waals surface area contributed by atoms with Gasteiger partial charge in [-0.1, -0.05) is 11.6 Å². The van der Waals surface area contributed by atoms with Gasteiger partial charge in [0.15, 0.2) is 0 Å². The number of benzene rings is 1. The van der Waals surface area contributed by atoms with Gasteiger partial charge in [0.05, 0.1) is 31.5 Å². The third-order valence-corrected chi connectivity index (χ3v) is 3.78. The second-order valence-electron chi connectivity index (χ2n) is 4.58. The molecule has 8 heteroatoms. The Morgan fingerprint density at radius 2 is 2.27 bits per heavy atom. The molecule has 2 rings (SSSR count). The van der Waals surface area contributed by atoms with Gasteiger partial charge in [0.2, 0.25) is 0 Å². The first kappa shape index (κ1) is 16.7. The molecule has 2 N–H and O–H groups in total. The van der Waals surface area contributed by atoms with Crippen LogP contribution >= 0.6 is 24.2 Å². The summed E-state index contributed by atoms with van der Waals surface area (Å²) < 4.78 is 4.71. The number of rotatable bonds is 5. The Kier molecular flexibility index (Phi) is 5.33. The molecule has 0 fully saturated rings. The van der Waals surface area contributed by atoms with Gasteiger partial charge in [0.25, 0.3) is 5.91 Å². The van der Waals surface area contributed by atoms with Crippen molar-refractivity contribution < 1.29 is 19.4 Å². The number of anilines is 1. The van der Waals surface area contributed by atoms with Gasteiger partial charge in [-0.25, -0.2) is 4.79 Å². The molecule has 0 aliphatic carbocycles. The van der Waals surface area contributed by atoms with E-state index >= 15 is 0 Å². The van der Waals surface area contributed by atoms with Gasteiger partial charge in [-0.15, -0.1) is 12.6 Å². The Labute approximate surface area is 138 Å². The third kappa shape index (κ3) is 3.37. The van der Waals surface area contributed by atoms with E-state index in [1.807, 2.05) is 0 Å². The molecule has 0 saturated heterocycles. The fourth-order valence-electron chi connectivity index (χ4n) is 2.09. The average molecular weight is 343 g/mol. The molecule has 1 aromatic rings. The Morgan fingerprint density at radius 3 is 2.86 bits per heavy atom. The van der Waals surface area contributed by atoms with E-state index in [1.165, 1.54) is 12.0 Å². The molecule has 1 aliphatic rings. The normalized spacial score (nSPS) is 14.5. The van der Waals surface area contributed by atoms with Crippen LogP contribution in [-0.2, 0) is 14.3 Å². The summed E-state index contributed by atoms with van der Waals surface area (Å²) >= 11 is 10.1. The number of carbonyl (C=O) groups excluding carboxylic acids is 2. The molecule has 1 aliphatic heterocycles. The zero-order valence-corrected chi connectivity index (χ0v) is 13.4. The number of halogens is 1. The summed E-state index contributed by atoms with van der Waals surface area (Å²) in [6.07, 6.45) is 0. The van der Waals surface area contributed by atoms with Gasteiger partial charge >= 0.3 is 5.97 Å². The highest BCUT2D eigenvalue weighted by Crippen LogP contribution is 2.28. The van der Waals surface area contributed by atoms with Crippen molar-refractivity contribution in [2.75, 3.05) is 32.1 Å². The zero-order valence-electron chi connectivity index (χ0n) is 11.8. The zero-order chi connectivity index (χ0) is 16.3. The summed E-state index contributed by atoms with van der Waals surface area (Å²) in [7, 11) is 1.25. The van der Waals surface area contributed by atoms with Crippen molar-refractivity contribution in [2.24, 2.45) is 0 Å². The summed E-state index contributed by atoms with van der Waals surface area (Å²) in [6, 6.07) is 4.93. The number of thiol groups is 1. The Bertz CT molecular complexity index is 648. The molecular formula is C14H15ClN2O4S. The van der Waals surface area contributed by atoms with Crippen LogP contribution in [-0.4, -0.2) is 48.7 Å². The number of aliphatic hydroxyl groups is 1. The lowest BCUT2D eigenvalue weighted by molar-refractivity contribution is -0.136. The second-order valence-corrected chi connectivity index (χ2v) is 5.50. The summed E-state index contributed by atoms with van der Waals surface area (Å²) in [6.45, 7) is 0.0367. The summed E-state index contributed by atoms with van der Waals surface area (Å²) in [5.74, 6) is -0.969. The second kappa shape index (κ2) is 7.04. The summed E-state index contributed by atoms with van der Waals surface area (Å²) in [5, 5.41) is 12.4. The first-order chi connectivity index (χ1) is 10.5. The number of nitrogens with zero attached hydrogens (tertiary/aromatic N) is 1. The van der Waals surface area contributed by atoms with Gasteiger partial charge in [-0.3, -0.25) is 4.79 Å². The molecule has 0 bridgehead atoms. The monoisotopic (exact) mass is 342 g/mol. The molecule has 1 amide bonds. The van der Waals surface area contributed by atoms with Crippen LogP contribution in [0, 0.1) is 0 Å². The highest BCUT2D eigenvalue weighted by molar-refractivity contribution is 7.80. The smallest absolute Gasteiger partial charge is 0.337 e. The number of aliphatic hydroxyl groups excluding tert-OH is 1. The Morgan fingerprint density at radius 1 is 1.55 bits per heavy atom. The van der Waals surface area contributed by atoms with Crippen LogP contribution in [0.1, 0.15) is 0 Å². The Hall–Kier alpha value is -1.70. The number of esters is 1. The molecule has 1 aromatic carbocycles. The topological polar surface area (TPSA) is 78.9 Å². The Balaban J connectivity index is 2.34. The predicted octanol–water partition coefficient (Wildman–Crippen LogP) is 1.30. The fourth-order valence-corrected chi connectivity index (χ4v) is 2.61. The number of ether oxygens (including phenoxy) is 1. The molecular weight excluding hydrogens is 328 g/mol. The standard InChI is InChI=1S/C14H15ClN2O4S/c1-21-14(20)9-7-17(4-5-18)13(19)12(9)16-10-3-2-8(15)6-11(10)22/h2-3,6,16,18,22H,4-5,7H2,1H3. The van der Waals surface area contributed by atoms with Crippen LogP contribution in [0.5, 0.6) is 0 Å². The number of hydrogen-bond acceptors (Lipinski definition) is 6. The minimum absolute atomic E-state index is 0.0872. The van der Waals surface area contributed by atoms with E-state index in [0.717, 1.165) is 0 Å². The number of carbonyl (C=O) groups is 2.